The topological polar surface area (TPSA) is 27.1 Å². The summed E-state index contributed by atoms with van der Waals surface area (Å²) in [5.74, 6) is 0.852. The lowest BCUT2D eigenvalue weighted by Gasteiger charge is -2.23. The summed E-state index contributed by atoms with van der Waals surface area (Å²) in [5.41, 5.74) is 2.31. The highest BCUT2D eigenvalue weighted by atomic mass is 19.3. The van der Waals surface area contributed by atoms with Gasteiger partial charge in [-0.3, -0.25) is 4.68 Å². The zero-order chi connectivity index (χ0) is 13.9. The normalized spacial score (nSPS) is 15.3. The Bertz CT molecular complexity index is 562. The Balaban J connectivity index is 1.63. The summed E-state index contributed by atoms with van der Waals surface area (Å²) in [5, 5.41) is 4.35. The van der Waals surface area contributed by atoms with Crippen molar-refractivity contribution in [1.29, 1.82) is 0 Å². The molecule has 0 unspecified atom stereocenters. The number of hydrogen-bond donors (Lipinski definition) is 0. The zero-order valence-corrected chi connectivity index (χ0v) is 11.0. The van der Waals surface area contributed by atoms with Gasteiger partial charge in [-0.25, -0.2) is 0 Å². The Morgan fingerprint density at radius 2 is 2.00 bits per heavy atom. The Kier molecular flexibility index (Phi) is 3.67. The van der Waals surface area contributed by atoms with Crippen molar-refractivity contribution in [3.63, 3.8) is 0 Å². The van der Waals surface area contributed by atoms with Crippen molar-refractivity contribution in [2.24, 2.45) is 0 Å². The van der Waals surface area contributed by atoms with Gasteiger partial charge in [0, 0.05) is 6.20 Å². The van der Waals surface area contributed by atoms with E-state index in [4.69, 9.17) is 0 Å². The molecule has 1 aliphatic rings. The van der Waals surface area contributed by atoms with Gasteiger partial charge in [0.05, 0.1) is 12.7 Å². The smallest absolute Gasteiger partial charge is 0.387 e. The van der Waals surface area contributed by atoms with E-state index in [0.717, 1.165) is 5.56 Å². The second-order valence-electron chi connectivity index (χ2n) is 5.12. The van der Waals surface area contributed by atoms with E-state index in [0.29, 0.717) is 12.5 Å². The number of hydrogen-bond acceptors (Lipinski definition) is 2. The molecule has 1 saturated carbocycles. The zero-order valence-electron chi connectivity index (χ0n) is 11.0. The standard InChI is InChI=1S/C15H16F2N2O/c16-15(17)20-14-6-4-11(5-7-14)9-19-10-13(8-18-19)12-2-1-3-12/h4-8,10,12,15H,1-3,9H2. The summed E-state index contributed by atoms with van der Waals surface area (Å²) in [6.45, 7) is -2.14. The number of aromatic nitrogens is 2. The van der Waals surface area contributed by atoms with Crippen molar-refractivity contribution in [3.8, 4) is 5.75 Å². The molecule has 20 heavy (non-hydrogen) atoms. The SMILES string of the molecule is FC(F)Oc1ccc(Cn2cc(C3CCC3)cn2)cc1. The summed E-state index contributed by atoms with van der Waals surface area (Å²) in [7, 11) is 0. The van der Waals surface area contributed by atoms with Gasteiger partial charge in [-0.15, -0.1) is 0 Å². The number of halogens is 2. The van der Waals surface area contributed by atoms with Gasteiger partial charge in [0.2, 0.25) is 0 Å². The summed E-state index contributed by atoms with van der Waals surface area (Å²) < 4.78 is 30.3. The number of rotatable bonds is 5. The second kappa shape index (κ2) is 5.61. The average Bonchev–Trinajstić information content (AvgIpc) is 2.77. The largest absolute Gasteiger partial charge is 0.435 e. The molecule has 1 aromatic carbocycles. The monoisotopic (exact) mass is 278 g/mol. The predicted molar refractivity (Wildman–Crippen MR) is 71.0 cm³/mol. The molecule has 0 spiro atoms. The van der Waals surface area contributed by atoms with E-state index in [2.05, 4.69) is 16.0 Å². The quantitative estimate of drug-likeness (QED) is 0.831. The van der Waals surface area contributed by atoms with Crippen molar-refractivity contribution in [3.05, 3.63) is 47.8 Å². The third-order valence-corrected chi connectivity index (χ3v) is 3.72. The fourth-order valence-corrected chi connectivity index (χ4v) is 2.38. The molecule has 1 fully saturated rings. The third kappa shape index (κ3) is 2.98. The molecule has 5 heteroatoms. The summed E-state index contributed by atoms with van der Waals surface area (Å²) in [4.78, 5) is 0. The number of alkyl halides is 2. The van der Waals surface area contributed by atoms with E-state index in [1.165, 1.54) is 24.8 Å². The van der Waals surface area contributed by atoms with Crippen LogP contribution in [0.3, 0.4) is 0 Å². The molecule has 1 aliphatic carbocycles. The van der Waals surface area contributed by atoms with Crippen LogP contribution in [0, 0.1) is 0 Å². The van der Waals surface area contributed by atoms with E-state index in [9.17, 15) is 8.78 Å². The van der Waals surface area contributed by atoms with Gasteiger partial charge in [0.15, 0.2) is 0 Å². The number of benzene rings is 1. The lowest BCUT2D eigenvalue weighted by atomic mass is 9.81. The second-order valence-corrected chi connectivity index (χ2v) is 5.12. The highest BCUT2D eigenvalue weighted by Crippen LogP contribution is 2.35. The first-order valence-electron chi connectivity index (χ1n) is 6.77. The predicted octanol–water partition coefficient (Wildman–Crippen LogP) is 3.80. The highest BCUT2D eigenvalue weighted by Gasteiger charge is 2.20. The van der Waals surface area contributed by atoms with Gasteiger partial charge in [-0.1, -0.05) is 18.6 Å². The van der Waals surface area contributed by atoms with Crippen molar-refractivity contribution < 1.29 is 13.5 Å². The molecule has 3 nitrogen and oxygen atoms in total. The van der Waals surface area contributed by atoms with Crippen molar-refractivity contribution in [2.75, 3.05) is 0 Å². The first kappa shape index (κ1) is 13.1. The third-order valence-electron chi connectivity index (χ3n) is 3.72. The Morgan fingerprint density at radius 3 is 2.60 bits per heavy atom. The van der Waals surface area contributed by atoms with Gasteiger partial charge in [0.1, 0.15) is 5.75 Å². The minimum Gasteiger partial charge on any atom is -0.435 e. The average molecular weight is 278 g/mol. The summed E-state index contributed by atoms with van der Waals surface area (Å²) in [6.07, 6.45) is 7.82. The van der Waals surface area contributed by atoms with Crippen LogP contribution in [-0.4, -0.2) is 16.4 Å². The fraction of sp³-hybridized carbons (Fsp3) is 0.400. The summed E-state index contributed by atoms with van der Waals surface area (Å²) in [6, 6.07) is 6.67. The lowest BCUT2D eigenvalue weighted by Crippen LogP contribution is -2.07. The van der Waals surface area contributed by atoms with E-state index in [1.54, 1.807) is 24.3 Å². The van der Waals surface area contributed by atoms with Crippen LogP contribution >= 0.6 is 0 Å². The first-order chi connectivity index (χ1) is 9.70. The number of nitrogens with zero attached hydrogens (tertiary/aromatic N) is 2. The lowest BCUT2D eigenvalue weighted by molar-refractivity contribution is -0.0498. The van der Waals surface area contributed by atoms with Crippen LogP contribution in [-0.2, 0) is 6.54 Å². The maximum Gasteiger partial charge on any atom is 0.387 e. The maximum atomic E-state index is 12.0. The molecule has 2 aromatic rings. The molecule has 0 atom stereocenters. The van der Waals surface area contributed by atoms with Gasteiger partial charge in [0.25, 0.3) is 0 Å². The van der Waals surface area contributed by atoms with Gasteiger partial charge >= 0.3 is 6.61 Å². The van der Waals surface area contributed by atoms with Gasteiger partial charge < -0.3 is 4.74 Å². The van der Waals surface area contributed by atoms with Gasteiger partial charge in [-0.05, 0) is 42.0 Å². The Hall–Kier alpha value is -1.91. The maximum absolute atomic E-state index is 12.0. The number of ether oxygens (including phenoxy) is 1. The molecule has 0 radical (unpaired) electrons. The van der Waals surface area contributed by atoms with Crippen LogP contribution < -0.4 is 4.74 Å². The van der Waals surface area contributed by atoms with Crippen LogP contribution in [0.1, 0.15) is 36.3 Å². The van der Waals surface area contributed by atoms with E-state index in [1.807, 2.05) is 10.9 Å². The molecule has 1 aromatic heterocycles. The van der Waals surface area contributed by atoms with E-state index >= 15 is 0 Å². The van der Waals surface area contributed by atoms with Crippen molar-refractivity contribution >= 4 is 0 Å². The first-order valence-corrected chi connectivity index (χ1v) is 6.77. The molecule has 0 amide bonds. The Morgan fingerprint density at radius 1 is 1.25 bits per heavy atom. The molecule has 1 heterocycles. The molecular formula is C15H16F2N2O. The van der Waals surface area contributed by atoms with Gasteiger partial charge in [-0.2, -0.15) is 13.9 Å². The van der Waals surface area contributed by atoms with Crippen LogP contribution in [0.25, 0.3) is 0 Å². The minimum absolute atomic E-state index is 0.180. The highest BCUT2D eigenvalue weighted by molar-refractivity contribution is 5.27. The molecular weight excluding hydrogens is 262 g/mol. The van der Waals surface area contributed by atoms with Crippen LogP contribution in [0.5, 0.6) is 5.75 Å². The van der Waals surface area contributed by atoms with E-state index in [-0.39, 0.29) is 5.75 Å². The minimum atomic E-state index is -2.78. The van der Waals surface area contributed by atoms with Crippen LogP contribution in [0.4, 0.5) is 8.78 Å². The van der Waals surface area contributed by atoms with Crippen LogP contribution in [0.15, 0.2) is 36.7 Å². The molecule has 3 rings (SSSR count). The van der Waals surface area contributed by atoms with Crippen LogP contribution in [0.2, 0.25) is 0 Å². The molecule has 0 N–H and O–H groups in total. The van der Waals surface area contributed by atoms with E-state index < -0.39 is 6.61 Å². The molecule has 0 aliphatic heterocycles. The van der Waals surface area contributed by atoms with Crippen molar-refractivity contribution in [1.82, 2.24) is 9.78 Å². The molecule has 0 bridgehead atoms. The molecule has 0 saturated heterocycles. The molecule has 106 valence electrons. The fourth-order valence-electron chi connectivity index (χ4n) is 2.38. The Labute approximate surface area is 116 Å². The van der Waals surface area contributed by atoms with Crippen molar-refractivity contribution in [2.45, 2.75) is 38.3 Å². The summed E-state index contributed by atoms with van der Waals surface area (Å²) >= 11 is 0.